The summed E-state index contributed by atoms with van der Waals surface area (Å²) in [6.45, 7) is 3.63. The maximum Gasteiger partial charge on any atom is 0.445 e. The highest BCUT2D eigenvalue weighted by Crippen LogP contribution is 2.39. The number of alkyl halides is 3. The first-order valence-corrected chi connectivity index (χ1v) is 14.8. The Labute approximate surface area is 226 Å². The average molecular weight is 585 g/mol. The summed E-state index contributed by atoms with van der Waals surface area (Å²) in [4.78, 5) is 21.0. The second kappa shape index (κ2) is 8.84. The number of likely N-dealkylation sites (N-methyl/N-ethyl adjacent to an activating group) is 1. The van der Waals surface area contributed by atoms with E-state index in [4.69, 9.17) is 0 Å². The van der Waals surface area contributed by atoms with Gasteiger partial charge in [0.25, 0.3) is 0 Å². The van der Waals surface area contributed by atoms with Gasteiger partial charge in [0, 0.05) is 37.9 Å². The van der Waals surface area contributed by atoms with Crippen molar-refractivity contribution < 1.29 is 26.4 Å². The highest BCUT2D eigenvalue weighted by molar-refractivity contribution is 7.89. The van der Waals surface area contributed by atoms with Crippen LogP contribution in [0.1, 0.15) is 37.6 Å². The van der Waals surface area contributed by atoms with Crippen LogP contribution in [0.4, 0.5) is 18.9 Å². The number of rotatable bonds is 7. The van der Waals surface area contributed by atoms with Crippen molar-refractivity contribution in [3.05, 3.63) is 23.5 Å². The van der Waals surface area contributed by atoms with E-state index in [1.807, 2.05) is 16.7 Å². The van der Waals surface area contributed by atoms with Crippen molar-refractivity contribution >= 4 is 38.5 Å². The van der Waals surface area contributed by atoms with E-state index in [9.17, 15) is 26.4 Å². The minimum absolute atomic E-state index is 0.0384. The van der Waals surface area contributed by atoms with Crippen molar-refractivity contribution in [1.29, 1.82) is 0 Å². The lowest BCUT2D eigenvalue weighted by Crippen LogP contribution is -2.55. The number of hydrogen-bond donors (Lipinski definition) is 2. The van der Waals surface area contributed by atoms with Crippen molar-refractivity contribution in [2.24, 2.45) is 0 Å². The van der Waals surface area contributed by atoms with Gasteiger partial charge in [0.05, 0.1) is 22.9 Å². The van der Waals surface area contributed by atoms with Gasteiger partial charge < -0.3 is 15.1 Å². The molecule has 1 amide bonds. The number of sulfonamides is 1. The Balaban J connectivity index is 1.38. The Morgan fingerprint density at radius 1 is 1.10 bits per heavy atom. The number of piperazine rings is 1. The summed E-state index contributed by atoms with van der Waals surface area (Å²) in [7, 11) is -2.17. The van der Waals surface area contributed by atoms with Gasteiger partial charge >= 0.3 is 6.18 Å². The lowest BCUT2D eigenvalue weighted by atomic mass is 10.2. The smallest absolute Gasteiger partial charge is 0.366 e. The molecule has 3 fully saturated rings. The summed E-state index contributed by atoms with van der Waals surface area (Å²) in [5.41, 5.74) is 0.0646. The Morgan fingerprint density at radius 3 is 2.36 bits per heavy atom. The summed E-state index contributed by atoms with van der Waals surface area (Å²) in [5, 5.41) is 8.86. The van der Waals surface area contributed by atoms with E-state index in [0.717, 1.165) is 12.8 Å². The molecule has 0 radical (unpaired) electrons. The van der Waals surface area contributed by atoms with Crippen molar-refractivity contribution in [3.63, 3.8) is 0 Å². The first-order valence-electron chi connectivity index (χ1n) is 12.5. The molecule has 16 heteroatoms. The topological polar surface area (TPSA) is 125 Å². The molecule has 1 aliphatic heterocycles. The number of imidazole rings is 1. The quantitative estimate of drug-likeness (QED) is 0.433. The second-order valence-corrected chi connectivity index (χ2v) is 13.2. The zero-order valence-electron chi connectivity index (χ0n) is 21.2. The van der Waals surface area contributed by atoms with Crippen molar-refractivity contribution in [2.75, 3.05) is 38.1 Å². The molecular weight excluding hydrogens is 557 g/mol. The fraction of sp³-hybridized carbons (Fsp3) is 0.565. The third-order valence-corrected chi connectivity index (χ3v) is 10.3. The zero-order chi connectivity index (χ0) is 27.8. The van der Waals surface area contributed by atoms with Gasteiger partial charge in [0.15, 0.2) is 10.8 Å². The van der Waals surface area contributed by atoms with Crippen LogP contribution >= 0.6 is 11.3 Å². The van der Waals surface area contributed by atoms with Crippen LogP contribution in [-0.2, 0) is 21.0 Å². The Hall–Kier alpha value is -2.82. The van der Waals surface area contributed by atoms with Gasteiger partial charge in [-0.05, 0) is 45.7 Å². The molecular formula is C23H27F3N8O3S2. The van der Waals surface area contributed by atoms with Crippen LogP contribution in [0, 0.1) is 0 Å². The summed E-state index contributed by atoms with van der Waals surface area (Å²) < 4.78 is 70.5. The van der Waals surface area contributed by atoms with E-state index in [2.05, 4.69) is 25.2 Å². The van der Waals surface area contributed by atoms with Crippen LogP contribution in [-0.4, -0.2) is 83.1 Å². The number of hydrogen-bond acceptors (Lipinski definition) is 9. The van der Waals surface area contributed by atoms with Gasteiger partial charge in [0.2, 0.25) is 20.9 Å². The van der Waals surface area contributed by atoms with E-state index in [1.54, 1.807) is 13.1 Å². The van der Waals surface area contributed by atoms with Gasteiger partial charge in [-0.1, -0.05) is 11.3 Å². The predicted molar refractivity (Wildman–Crippen MR) is 137 cm³/mol. The van der Waals surface area contributed by atoms with E-state index in [1.165, 1.54) is 16.8 Å². The normalized spacial score (nSPS) is 20.4. The molecule has 0 atom stereocenters. The molecule has 2 saturated carbocycles. The van der Waals surface area contributed by atoms with Gasteiger partial charge in [-0.15, -0.1) is 10.2 Å². The van der Waals surface area contributed by atoms with Crippen LogP contribution in [0.5, 0.6) is 0 Å². The van der Waals surface area contributed by atoms with Crippen LogP contribution in [0.25, 0.3) is 16.3 Å². The van der Waals surface area contributed by atoms with Gasteiger partial charge in [-0.2, -0.15) is 13.2 Å². The molecule has 0 bridgehead atoms. The highest BCUT2D eigenvalue weighted by atomic mass is 32.2. The number of halogens is 3. The van der Waals surface area contributed by atoms with Crippen LogP contribution in [0.15, 0.2) is 23.4 Å². The van der Waals surface area contributed by atoms with E-state index in [0.29, 0.717) is 61.6 Å². The fourth-order valence-corrected chi connectivity index (χ4v) is 7.05. The maximum absolute atomic E-state index is 13.4. The summed E-state index contributed by atoms with van der Waals surface area (Å²) in [5.74, 6) is 0.129. The first kappa shape index (κ1) is 26.4. The average Bonchev–Trinajstić information content (AvgIpc) is 3.71. The van der Waals surface area contributed by atoms with Crippen molar-refractivity contribution in [2.45, 2.75) is 54.8 Å². The molecule has 11 nitrogen and oxygen atoms in total. The number of anilines is 1. The Morgan fingerprint density at radius 2 is 1.79 bits per heavy atom. The fourth-order valence-electron chi connectivity index (χ4n) is 4.86. The van der Waals surface area contributed by atoms with E-state index >= 15 is 0 Å². The molecule has 3 aromatic rings. The number of fused-ring (bicyclic) bond motifs is 1. The first-order chi connectivity index (χ1) is 18.3. The number of nitrogens with one attached hydrogen (secondary N) is 2. The SMILES string of the molecule is CNC1(C(=O)N2CCN(c3cc(S(=O)(=O)NC4(C)CC4)cn4c(-c5nnc(C(F)(F)F)s5)ncc34)CC2)CC1. The summed E-state index contributed by atoms with van der Waals surface area (Å²) in [6.07, 6.45) is 1.22. The third kappa shape index (κ3) is 4.76. The molecule has 0 unspecified atom stereocenters. The molecule has 3 aliphatic rings. The van der Waals surface area contributed by atoms with Crippen LogP contribution < -0.4 is 14.9 Å². The molecule has 2 N–H and O–H groups in total. The molecule has 1 saturated heterocycles. The van der Waals surface area contributed by atoms with Gasteiger partial charge in [-0.3, -0.25) is 9.20 Å². The predicted octanol–water partition coefficient (Wildman–Crippen LogP) is 2.10. The molecule has 2 aliphatic carbocycles. The maximum atomic E-state index is 13.4. The second-order valence-electron chi connectivity index (χ2n) is 10.6. The molecule has 0 spiro atoms. The number of pyridine rings is 1. The van der Waals surface area contributed by atoms with Crippen LogP contribution in [0.2, 0.25) is 0 Å². The molecule has 0 aromatic carbocycles. The van der Waals surface area contributed by atoms with E-state index < -0.39 is 32.3 Å². The van der Waals surface area contributed by atoms with Gasteiger partial charge in [-0.25, -0.2) is 18.1 Å². The Bertz CT molecular complexity index is 1550. The lowest BCUT2D eigenvalue weighted by Gasteiger charge is -2.38. The molecule has 3 aromatic heterocycles. The molecule has 4 heterocycles. The van der Waals surface area contributed by atoms with Crippen molar-refractivity contribution in [1.82, 2.24) is 34.5 Å². The number of carbonyl (C=O) groups excluding carboxylic acids is 1. The molecule has 39 heavy (non-hydrogen) atoms. The van der Waals surface area contributed by atoms with E-state index in [-0.39, 0.29) is 21.6 Å². The minimum atomic E-state index is -4.66. The van der Waals surface area contributed by atoms with Gasteiger partial charge in [0.1, 0.15) is 4.90 Å². The van der Waals surface area contributed by atoms with Crippen LogP contribution in [0.3, 0.4) is 0 Å². The highest BCUT2D eigenvalue weighted by Gasteiger charge is 2.51. The Kier molecular flexibility index (Phi) is 5.99. The van der Waals surface area contributed by atoms with Crippen molar-refractivity contribution in [3.8, 4) is 10.8 Å². The molecule has 6 rings (SSSR count). The molecule has 210 valence electrons. The summed E-state index contributed by atoms with van der Waals surface area (Å²) in [6, 6.07) is 1.56. The number of amides is 1. The third-order valence-electron chi connectivity index (χ3n) is 7.69. The monoisotopic (exact) mass is 584 g/mol. The summed E-state index contributed by atoms with van der Waals surface area (Å²) >= 11 is 0.342. The number of nitrogens with zero attached hydrogens (tertiary/aromatic N) is 6. The standard InChI is InChI=1S/C23H27F3N8O3S2/c1-21(3-4-21)31-39(36,37)14-11-15(32-7-9-33(10-8-32)20(35)22(27-2)5-6-22)16-12-28-17(34(16)13-14)18-29-30-19(38-18)23(24,25)26/h11-13,27,31H,3-10H2,1-2H3. The largest absolute Gasteiger partial charge is 0.445 e. The zero-order valence-corrected chi connectivity index (χ0v) is 22.9. The number of carbonyl (C=O) groups is 1. The minimum Gasteiger partial charge on any atom is -0.366 e. The number of aromatic nitrogens is 4. The lowest BCUT2D eigenvalue weighted by molar-refractivity contribution is -0.138.